The molecule has 5 aromatic rings. The fraction of sp³-hybridized carbons (Fsp3) is 0.270. The lowest BCUT2D eigenvalue weighted by Crippen LogP contribution is -2.48. The number of hydrogen-bond acceptors (Lipinski definition) is 6. The number of piperazine rings is 1. The van der Waals surface area contributed by atoms with Crippen molar-refractivity contribution in [2.75, 3.05) is 38.1 Å². The molecule has 54 heavy (non-hydrogen) atoms. The first-order valence-electron chi connectivity index (χ1n) is 16.2. The molecular weight excluding hydrogens is 791 g/mol. The van der Waals surface area contributed by atoms with Gasteiger partial charge in [0.15, 0.2) is 0 Å². The zero-order valence-electron chi connectivity index (χ0n) is 28.7. The Labute approximate surface area is 315 Å². The highest BCUT2D eigenvalue weighted by Crippen LogP contribution is 2.31. The van der Waals surface area contributed by atoms with Gasteiger partial charge >= 0.3 is 18.7 Å². The first kappa shape index (κ1) is 40.0. The standard InChI is InChI=1S/C37H32F7N5O4.BrH/c1-46(33(50)24-5-8-26(9-6-24)36(40,41)42)27-10-14-32(45-21-27)52-29-13-7-25-19-31(47(2)30(25)20-29)34(51)49-17-15-48(16-18-49)22-23-3-11-28(12-4-23)53-37(43,44)35(38)39;/h3-14,19-21,35H,15-18,22H2,1-2H3;1H. The highest BCUT2D eigenvalue weighted by molar-refractivity contribution is 8.93. The van der Waals surface area contributed by atoms with Crippen molar-refractivity contribution in [3.8, 4) is 17.4 Å². The van der Waals surface area contributed by atoms with Gasteiger partial charge in [-0.05, 0) is 66.2 Å². The van der Waals surface area contributed by atoms with Gasteiger partial charge in [-0.2, -0.15) is 30.7 Å². The number of aromatic nitrogens is 2. The van der Waals surface area contributed by atoms with Crippen molar-refractivity contribution < 1.29 is 49.8 Å². The second-order valence-corrected chi connectivity index (χ2v) is 12.4. The van der Waals surface area contributed by atoms with Crippen molar-refractivity contribution >= 4 is 45.4 Å². The summed E-state index contributed by atoms with van der Waals surface area (Å²) in [7, 11) is 3.26. The van der Waals surface area contributed by atoms with E-state index in [1.54, 1.807) is 46.8 Å². The highest BCUT2D eigenvalue weighted by Gasteiger charge is 2.44. The van der Waals surface area contributed by atoms with Crippen LogP contribution in [0.3, 0.4) is 0 Å². The van der Waals surface area contributed by atoms with Crippen LogP contribution in [0.2, 0.25) is 0 Å². The lowest BCUT2D eigenvalue weighted by Gasteiger charge is -2.34. The lowest BCUT2D eigenvalue weighted by atomic mass is 10.1. The summed E-state index contributed by atoms with van der Waals surface area (Å²) in [6, 6.07) is 19.7. The van der Waals surface area contributed by atoms with Crippen molar-refractivity contribution in [2.24, 2.45) is 7.05 Å². The van der Waals surface area contributed by atoms with E-state index in [9.17, 15) is 40.3 Å². The number of nitrogens with zero attached hydrogens (tertiary/aromatic N) is 5. The summed E-state index contributed by atoms with van der Waals surface area (Å²) in [5, 5.41) is 0.812. The predicted molar refractivity (Wildman–Crippen MR) is 191 cm³/mol. The van der Waals surface area contributed by atoms with Gasteiger partial charge in [0.25, 0.3) is 11.8 Å². The monoisotopic (exact) mass is 823 g/mol. The Bertz CT molecular complexity index is 2090. The summed E-state index contributed by atoms with van der Waals surface area (Å²) >= 11 is 0. The third kappa shape index (κ3) is 8.95. The van der Waals surface area contributed by atoms with Crippen LogP contribution in [0.15, 0.2) is 91.1 Å². The molecule has 0 bridgehead atoms. The maximum absolute atomic E-state index is 13.6. The van der Waals surface area contributed by atoms with Gasteiger partial charge in [0, 0.05) is 69.9 Å². The highest BCUT2D eigenvalue weighted by atomic mass is 79.9. The van der Waals surface area contributed by atoms with E-state index >= 15 is 0 Å². The SMILES string of the molecule is Br.CN(C(=O)c1ccc(C(F)(F)F)cc1)c1ccc(Oc2ccc3cc(C(=O)N4CCN(Cc5ccc(OC(F)(F)C(F)F)cc5)CC4)n(C)c3c2)nc1. The first-order chi connectivity index (χ1) is 25.1. The summed E-state index contributed by atoms with van der Waals surface area (Å²) in [5.74, 6) is -0.360. The maximum Gasteiger partial charge on any atom is 0.461 e. The molecule has 17 heteroatoms. The molecule has 1 aliphatic rings. The molecule has 1 aliphatic heterocycles. The molecule has 0 aliphatic carbocycles. The number of ether oxygens (including phenoxy) is 2. The van der Waals surface area contributed by atoms with Gasteiger partial charge in [-0.25, -0.2) is 4.98 Å². The minimum Gasteiger partial charge on any atom is -0.439 e. The van der Waals surface area contributed by atoms with Crippen molar-refractivity contribution in [1.29, 1.82) is 0 Å². The second-order valence-electron chi connectivity index (χ2n) is 12.4. The van der Waals surface area contributed by atoms with Crippen LogP contribution in [-0.2, 0) is 19.8 Å². The fourth-order valence-corrected chi connectivity index (χ4v) is 5.84. The van der Waals surface area contributed by atoms with E-state index in [-0.39, 0.29) is 40.1 Å². The van der Waals surface area contributed by atoms with E-state index in [0.717, 1.165) is 40.7 Å². The second kappa shape index (κ2) is 16.1. The molecule has 3 heterocycles. The molecule has 2 amide bonds. The molecule has 3 aromatic carbocycles. The van der Waals surface area contributed by atoms with E-state index in [1.807, 2.05) is 6.07 Å². The van der Waals surface area contributed by atoms with Crippen LogP contribution >= 0.6 is 17.0 Å². The Hall–Kier alpha value is -5.16. The van der Waals surface area contributed by atoms with Gasteiger partial charge in [-0.3, -0.25) is 14.5 Å². The number of pyridine rings is 1. The molecule has 0 unspecified atom stereocenters. The van der Waals surface area contributed by atoms with Gasteiger partial charge in [0.05, 0.1) is 23.0 Å². The minimum absolute atomic E-state index is 0. The van der Waals surface area contributed by atoms with Crippen LogP contribution in [0.25, 0.3) is 10.9 Å². The number of alkyl halides is 7. The number of amides is 2. The summed E-state index contributed by atoms with van der Waals surface area (Å²) in [4.78, 5) is 35.8. The van der Waals surface area contributed by atoms with Crippen molar-refractivity contribution in [2.45, 2.75) is 25.3 Å². The molecule has 0 saturated carbocycles. The summed E-state index contributed by atoms with van der Waals surface area (Å²) in [5.41, 5.74) is 1.62. The molecule has 1 fully saturated rings. The van der Waals surface area contributed by atoms with Crippen LogP contribution in [-0.4, -0.2) is 76.9 Å². The molecule has 9 nitrogen and oxygen atoms in total. The van der Waals surface area contributed by atoms with Crippen LogP contribution in [0.5, 0.6) is 17.4 Å². The lowest BCUT2D eigenvalue weighted by molar-refractivity contribution is -0.253. The van der Waals surface area contributed by atoms with Gasteiger partial charge in [0.1, 0.15) is 17.2 Å². The van der Waals surface area contributed by atoms with Crippen LogP contribution in [0.1, 0.15) is 32.0 Å². The van der Waals surface area contributed by atoms with Crippen molar-refractivity contribution in [3.05, 3.63) is 114 Å². The average molecular weight is 825 g/mol. The Morgan fingerprint density at radius 3 is 2.09 bits per heavy atom. The molecule has 286 valence electrons. The van der Waals surface area contributed by atoms with Crippen LogP contribution in [0.4, 0.5) is 36.4 Å². The topological polar surface area (TPSA) is 80.1 Å². The number of benzene rings is 3. The van der Waals surface area contributed by atoms with E-state index in [1.165, 1.54) is 42.4 Å². The quantitative estimate of drug-likeness (QED) is 0.132. The molecule has 2 aromatic heterocycles. The third-order valence-corrected chi connectivity index (χ3v) is 8.83. The van der Waals surface area contributed by atoms with Crippen LogP contribution < -0.4 is 14.4 Å². The average Bonchev–Trinajstić information content (AvgIpc) is 3.47. The molecule has 0 radical (unpaired) electrons. The summed E-state index contributed by atoms with van der Waals surface area (Å²) < 4.78 is 102. The fourth-order valence-electron chi connectivity index (χ4n) is 5.84. The number of carbonyl (C=O) groups is 2. The number of aryl methyl sites for hydroxylation is 1. The van der Waals surface area contributed by atoms with Crippen molar-refractivity contribution in [3.63, 3.8) is 0 Å². The molecule has 6 rings (SSSR count). The Morgan fingerprint density at radius 1 is 0.852 bits per heavy atom. The molecular formula is C37H33BrF7N5O4. The predicted octanol–water partition coefficient (Wildman–Crippen LogP) is 8.43. The van der Waals surface area contributed by atoms with E-state index in [4.69, 9.17) is 4.74 Å². The Morgan fingerprint density at radius 2 is 1.50 bits per heavy atom. The minimum atomic E-state index is -4.58. The zero-order chi connectivity index (χ0) is 38.1. The number of halogens is 8. The normalized spacial score (nSPS) is 13.9. The van der Waals surface area contributed by atoms with Gasteiger partial charge in [-0.15, -0.1) is 17.0 Å². The Kier molecular flexibility index (Phi) is 11.9. The third-order valence-electron chi connectivity index (χ3n) is 8.83. The van der Waals surface area contributed by atoms with Crippen LogP contribution in [0, 0.1) is 0 Å². The maximum atomic E-state index is 13.6. The summed E-state index contributed by atoms with van der Waals surface area (Å²) in [6.07, 6.45) is -11.6. The molecule has 1 saturated heterocycles. The number of rotatable bonds is 10. The molecule has 0 N–H and O–H groups in total. The number of carbonyl (C=O) groups excluding carboxylic acids is 2. The zero-order valence-corrected chi connectivity index (χ0v) is 30.4. The first-order valence-corrected chi connectivity index (χ1v) is 16.2. The van der Waals surface area contributed by atoms with Gasteiger partial charge in [-0.1, -0.05) is 12.1 Å². The van der Waals surface area contributed by atoms with E-state index in [0.29, 0.717) is 49.9 Å². The van der Waals surface area contributed by atoms with Crippen molar-refractivity contribution in [1.82, 2.24) is 19.4 Å². The largest absolute Gasteiger partial charge is 0.461 e. The molecule has 0 spiro atoms. The summed E-state index contributed by atoms with van der Waals surface area (Å²) in [6.45, 7) is 2.48. The number of fused-ring (bicyclic) bond motifs is 1. The van der Waals surface area contributed by atoms with Gasteiger partial charge < -0.3 is 23.8 Å². The van der Waals surface area contributed by atoms with E-state index in [2.05, 4.69) is 14.6 Å². The van der Waals surface area contributed by atoms with Gasteiger partial charge in [0.2, 0.25) is 5.88 Å². The number of anilines is 1. The Balaban J connectivity index is 0.00000561. The number of hydrogen-bond donors (Lipinski definition) is 0. The van der Waals surface area contributed by atoms with E-state index < -0.39 is 30.2 Å². The smallest absolute Gasteiger partial charge is 0.439 e. The molecule has 0 atom stereocenters.